The summed E-state index contributed by atoms with van der Waals surface area (Å²) in [5, 5.41) is 14.5. The zero-order valence-corrected chi connectivity index (χ0v) is 16.4. The molecule has 2 unspecified atom stereocenters. The van der Waals surface area contributed by atoms with E-state index in [1.165, 1.54) is 0 Å². The van der Waals surface area contributed by atoms with E-state index in [0.29, 0.717) is 17.3 Å². The molecule has 1 saturated heterocycles. The summed E-state index contributed by atoms with van der Waals surface area (Å²) in [4.78, 5) is 20.5. The van der Waals surface area contributed by atoms with E-state index in [0.717, 1.165) is 37.2 Å². The van der Waals surface area contributed by atoms with E-state index in [2.05, 4.69) is 31.8 Å². The molecule has 0 radical (unpaired) electrons. The van der Waals surface area contributed by atoms with Gasteiger partial charge < -0.3 is 19.8 Å². The number of piperidine rings is 1. The van der Waals surface area contributed by atoms with Gasteiger partial charge in [-0.1, -0.05) is 5.92 Å². The highest BCUT2D eigenvalue weighted by molar-refractivity contribution is 5.67. The summed E-state index contributed by atoms with van der Waals surface area (Å²) in [7, 11) is 0. The third-order valence-corrected chi connectivity index (χ3v) is 4.90. The van der Waals surface area contributed by atoms with Crippen LogP contribution in [0.4, 0.5) is 4.79 Å². The Hall–Kier alpha value is -3.51. The smallest absolute Gasteiger partial charge is 0.408 e. The summed E-state index contributed by atoms with van der Waals surface area (Å²) in [6.07, 6.45) is 11.9. The summed E-state index contributed by atoms with van der Waals surface area (Å²) < 4.78 is 10.9. The summed E-state index contributed by atoms with van der Waals surface area (Å²) in [6.45, 7) is 1.96. The number of ether oxygens (including phenoxy) is 1. The first-order chi connectivity index (χ1) is 14.7. The lowest BCUT2D eigenvalue weighted by molar-refractivity contribution is 0.161. The Morgan fingerprint density at radius 3 is 3.17 bits per heavy atom. The third-order valence-electron chi connectivity index (χ3n) is 4.90. The van der Waals surface area contributed by atoms with Crippen molar-refractivity contribution in [1.82, 2.24) is 20.6 Å². The van der Waals surface area contributed by atoms with Crippen molar-refractivity contribution in [3.05, 3.63) is 47.8 Å². The summed E-state index contributed by atoms with van der Waals surface area (Å²) in [5.74, 6) is 3.68. The highest BCUT2D eigenvalue weighted by Crippen LogP contribution is 2.37. The second kappa shape index (κ2) is 9.33. The molecular formula is C21H22N6O3. The van der Waals surface area contributed by atoms with Gasteiger partial charge in [-0.3, -0.25) is 4.98 Å². The third kappa shape index (κ3) is 4.55. The van der Waals surface area contributed by atoms with Crippen LogP contribution >= 0.6 is 0 Å². The van der Waals surface area contributed by atoms with E-state index in [1.54, 1.807) is 12.4 Å². The first-order valence-corrected chi connectivity index (χ1v) is 9.82. The Morgan fingerprint density at radius 2 is 2.40 bits per heavy atom. The van der Waals surface area contributed by atoms with Gasteiger partial charge in [0.25, 0.3) is 0 Å². The van der Waals surface area contributed by atoms with Crippen molar-refractivity contribution in [2.75, 3.05) is 26.2 Å². The molecule has 0 spiro atoms. The fourth-order valence-electron chi connectivity index (χ4n) is 3.47. The molecule has 154 valence electrons. The van der Waals surface area contributed by atoms with Gasteiger partial charge in [-0.25, -0.2) is 9.78 Å². The van der Waals surface area contributed by atoms with Crippen LogP contribution in [0.1, 0.15) is 36.3 Å². The maximum absolute atomic E-state index is 11.6. The Kier molecular flexibility index (Phi) is 6.15. The van der Waals surface area contributed by atoms with Crippen LogP contribution in [0, 0.1) is 12.3 Å². The minimum atomic E-state index is -0.597. The minimum absolute atomic E-state index is 0.0804. The largest absolute Gasteiger partial charge is 0.438 e. The predicted molar refractivity (Wildman–Crippen MR) is 108 cm³/mol. The number of rotatable bonds is 6. The van der Waals surface area contributed by atoms with Crippen LogP contribution in [0.15, 0.2) is 50.9 Å². The molecule has 0 aromatic carbocycles. The van der Waals surface area contributed by atoms with Gasteiger partial charge >= 0.3 is 6.09 Å². The standard InChI is InChI=1S/C21H22N6O3/c1-2-9-29-21(28)24-13-16-10-17(27-26-16)19-18(14-5-3-7-22-11-14)25-20(30-19)15-6-4-8-23-12-15/h1,4,6,8,10,12,14,17,22H,3,5,7,9,11,13H2,(H,24,28). The van der Waals surface area contributed by atoms with E-state index >= 15 is 0 Å². The van der Waals surface area contributed by atoms with Gasteiger partial charge in [0.2, 0.25) is 5.89 Å². The lowest BCUT2D eigenvalue weighted by Crippen LogP contribution is -2.29. The number of alkyl carbamates (subject to hydrolysis) is 1. The highest BCUT2D eigenvalue weighted by atomic mass is 16.5. The first kappa shape index (κ1) is 19.8. The van der Waals surface area contributed by atoms with Gasteiger partial charge in [0, 0.05) is 24.9 Å². The van der Waals surface area contributed by atoms with Crippen molar-refractivity contribution in [1.29, 1.82) is 0 Å². The fraction of sp³-hybridized carbons (Fsp3) is 0.381. The number of oxazole rings is 1. The van der Waals surface area contributed by atoms with Gasteiger partial charge in [-0.15, -0.1) is 6.42 Å². The molecule has 1 amide bonds. The topological polar surface area (TPSA) is 114 Å². The normalized spacial score (nSPS) is 20.4. The molecule has 9 heteroatoms. The van der Waals surface area contributed by atoms with Crippen molar-refractivity contribution >= 4 is 6.09 Å². The molecule has 2 atom stereocenters. The molecule has 2 N–H and O–H groups in total. The first-order valence-electron chi connectivity index (χ1n) is 9.82. The SMILES string of the molecule is C#CCOC(=O)NCC1=CC(c2oc(-c3cccnc3)nc2C2CCCNC2)N=N1. The number of terminal acetylenes is 1. The maximum Gasteiger partial charge on any atom is 0.408 e. The summed E-state index contributed by atoms with van der Waals surface area (Å²) in [5.41, 5.74) is 2.32. The zero-order chi connectivity index (χ0) is 20.8. The minimum Gasteiger partial charge on any atom is -0.438 e. The number of amides is 1. The number of hydrogen-bond donors (Lipinski definition) is 2. The Labute approximate surface area is 174 Å². The fourth-order valence-corrected chi connectivity index (χ4v) is 3.47. The predicted octanol–water partition coefficient (Wildman–Crippen LogP) is 2.95. The van der Waals surface area contributed by atoms with Crippen molar-refractivity contribution in [2.45, 2.75) is 24.8 Å². The average molecular weight is 406 g/mol. The Morgan fingerprint density at radius 1 is 1.47 bits per heavy atom. The molecule has 2 aliphatic heterocycles. The van der Waals surface area contributed by atoms with E-state index < -0.39 is 12.1 Å². The molecule has 9 nitrogen and oxygen atoms in total. The van der Waals surface area contributed by atoms with Crippen LogP contribution < -0.4 is 10.6 Å². The van der Waals surface area contributed by atoms with Gasteiger partial charge in [-0.2, -0.15) is 10.2 Å². The molecule has 4 rings (SSSR count). The molecule has 0 saturated carbocycles. The number of hydrogen-bond acceptors (Lipinski definition) is 8. The number of carbonyl (C=O) groups is 1. The average Bonchev–Trinajstić information content (AvgIpc) is 3.45. The van der Waals surface area contributed by atoms with Crippen LogP contribution in [0.3, 0.4) is 0 Å². The Balaban J connectivity index is 1.54. The van der Waals surface area contributed by atoms with Crippen LogP contribution in [-0.2, 0) is 4.74 Å². The van der Waals surface area contributed by atoms with Gasteiger partial charge in [0.15, 0.2) is 18.4 Å². The molecule has 30 heavy (non-hydrogen) atoms. The summed E-state index contributed by atoms with van der Waals surface area (Å²) >= 11 is 0. The lowest BCUT2D eigenvalue weighted by Gasteiger charge is -2.21. The summed E-state index contributed by atoms with van der Waals surface area (Å²) in [6, 6.07) is 3.37. The number of nitrogens with one attached hydrogen (secondary N) is 2. The van der Waals surface area contributed by atoms with Crippen molar-refractivity contribution < 1.29 is 13.9 Å². The highest BCUT2D eigenvalue weighted by Gasteiger charge is 2.30. The number of pyridine rings is 1. The van der Waals surface area contributed by atoms with Crippen molar-refractivity contribution in [2.24, 2.45) is 10.2 Å². The van der Waals surface area contributed by atoms with E-state index in [4.69, 9.17) is 20.6 Å². The second-order valence-corrected chi connectivity index (χ2v) is 7.01. The maximum atomic E-state index is 11.6. The van der Waals surface area contributed by atoms with Crippen LogP contribution in [0.5, 0.6) is 0 Å². The molecular weight excluding hydrogens is 384 g/mol. The molecule has 0 aliphatic carbocycles. The quantitative estimate of drug-likeness (QED) is 0.713. The van der Waals surface area contributed by atoms with E-state index in [9.17, 15) is 4.79 Å². The molecule has 4 heterocycles. The molecule has 2 aliphatic rings. The lowest BCUT2D eigenvalue weighted by atomic mass is 9.93. The van der Waals surface area contributed by atoms with Crippen LogP contribution in [-0.4, -0.2) is 42.3 Å². The zero-order valence-electron chi connectivity index (χ0n) is 16.4. The van der Waals surface area contributed by atoms with Crippen molar-refractivity contribution in [3.8, 4) is 23.8 Å². The monoisotopic (exact) mass is 406 g/mol. The van der Waals surface area contributed by atoms with Gasteiger partial charge in [0.1, 0.15) is 0 Å². The molecule has 2 aromatic rings. The number of nitrogens with zero attached hydrogens (tertiary/aromatic N) is 4. The Bertz CT molecular complexity index is 986. The van der Waals surface area contributed by atoms with Crippen LogP contribution in [0.25, 0.3) is 11.5 Å². The van der Waals surface area contributed by atoms with Gasteiger partial charge in [-0.05, 0) is 37.6 Å². The van der Waals surface area contributed by atoms with E-state index in [1.807, 2.05) is 18.2 Å². The van der Waals surface area contributed by atoms with Crippen molar-refractivity contribution in [3.63, 3.8) is 0 Å². The number of aromatic nitrogens is 2. The second-order valence-electron chi connectivity index (χ2n) is 7.01. The van der Waals surface area contributed by atoms with Gasteiger partial charge in [0.05, 0.1) is 23.5 Å². The molecule has 1 fully saturated rings. The number of carbonyl (C=O) groups excluding carboxylic acids is 1. The van der Waals surface area contributed by atoms with E-state index in [-0.39, 0.29) is 19.1 Å². The van der Waals surface area contributed by atoms with Crippen LogP contribution in [0.2, 0.25) is 0 Å². The molecule has 2 aromatic heterocycles. The molecule has 0 bridgehead atoms. The number of azo groups is 1.